The lowest BCUT2D eigenvalue weighted by atomic mass is 10.1. The van der Waals surface area contributed by atoms with E-state index in [2.05, 4.69) is 5.32 Å². The summed E-state index contributed by atoms with van der Waals surface area (Å²) in [5.74, 6) is -2.69. The zero-order valence-electron chi connectivity index (χ0n) is 9.39. The Morgan fingerprint density at radius 1 is 1.44 bits per heavy atom. The number of carboxylic acids is 1. The van der Waals surface area contributed by atoms with E-state index in [4.69, 9.17) is 15.9 Å². The van der Waals surface area contributed by atoms with Crippen molar-refractivity contribution in [2.75, 3.05) is 12.3 Å². The first-order valence-corrected chi connectivity index (χ1v) is 5.16. The molecule has 98 valence electrons. The van der Waals surface area contributed by atoms with Gasteiger partial charge in [0.1, 0.15) is 5.82 Å². The highest BCUT2D eigenvalue weighted by atomic mass is 19.1. The minimum absolute atomic E-state index is 0.0279. The second kappa shape index (κ2) is 5.97. The van der Waals surface area contributed by atoms with Gasteiger partial charge in [-0.3, -0.25) is 4.79 Å². The van der Waals surface area contributed by atoms with Crippen LogP contribution < -0.4 is 11.1 Å². The topological polar surface area (TPSA) is 113 Å². The normalized spacial score (nSPS) is 11.9. The monoisotopic (exact) mass is 256 g/mol. The van der Waals surface area contributed by atoms with Crippen molar-refractivity contribution in [3.63, 3.8) is 0 Å². The van der Waals surface area contributed by atoms with Gasteiger partial charge < -0.3 is 21.3 Å². The van der Waals surface area contributed by atoms with Gasteiger partial charge in [0, 0.05) is 13.0 Å². The summed E-state index contributed by atoms with van der Waals surface area (Å²) in [5, 5.41) is 19.7. The number of aliphatic hydroxyl groups excluding tert-OH is 1. The fourth-order valence-electron chi connectivity index (χ4n) is 1.28. The Hall–Kier alpha value is -2.15. The molecule has 0 bridgehead atoms. The van der Waals surface area contributed by atoms with Crippen molar-refractivity contribution >= 4 is 17.6 Å². The van der Waals surface area contributed by atoms with E-state index in [0.29, 0.717) is 0 Å². The van der Waals surface area contributed by atoms with Gasteiger partial charge in [-0.25, -0.2) is 9.18 Å². The summed E-state index contributed by atoms with van der Waals surface area (Å²) in [7, 11) is 0. The fraction of sp³-hybridized carbons (Fsp3) is 0.273. The molecule has 18 heavy (non-hydrogen) atoms. The summed E-state index contributed by atoms with van der Waals surface area (Å²) >= 11 is 0. The van der Waals surface area contributed by atoms with E-state index in [0.717, 1.165) is 6.07 Å². The molecule has 0 saturated heterocycles. The Morgan fingerprint density at radius 3 is 2.72 bits per heavy atom. The van der Waals surface area contributed by atoms with Gasteiger partial charge in [0.15, 0.2) is 6.10 Å². The highest BCUT2D eigenvalue weighted by molar-refractivity contribution is 5.99. The van der Waals surface area contributed by atoms with Crippen LogP contribution >= 0.6 is 0 Å². The van der Waals surface area contributed by atoms with Crippen LogP contribution in [-0.2, 0) is 4.79 Å². The number of nitrogens with two attached hydrogens (primary N) is 1. The third-order valence-electron chi connectivity index (χ3n) is 2.29. The van der Waals surface area contributed by atoms with Crippen LogP contribution in [0.15, 0.2) is 18.2 Å². The number of hydrogen-bond donors (Lipinski definition) is 4. The average molecular weight is 256 g/mol. The first kappa shape index (κ1) is 13.9. The fourth-order valence-corrected chi connectivity index (χ4v) is 1.28. The van der Waals surface area contributed by atoms with E-state index >= 15 is 0 Å². The SMILES string of the molecule is Nc1c(F)cccc1C(=O)NCCC(O)C(=O)O. The first-order chi connectivity index (χ1) is 8.43. The second-order valence-electron chi connectivity index (χ2n) is 3.60. The van der Waals surface area contributed by atoms with Gasteiger partial charge in [0.2, 0.25) is 0 Å². The molecule has 1 rings (SSSR count). The number of carboxylic acid groups (broad SMARTS) is 1. The predicted octanol–water partition coefficient (Wildman–Crippen LogP) is -0.0267. The number of anilines is 1. The van der Waals surface area contributed by atoms with Crippen LogP contribution in [0, 0.1) is 5.82 Å². The van der Waals surface area contributed by atoms with E-state index < -0.39 is 23.8 Å². The van der Waals surface area contributed by atoms with Crippen molar-refractivity contribution in [3.05, 3.63) is 29.6 Å². The first-order valence-electron chi connectivity index (χ1n) is 5.16. The molecule has 1 aromatic carbocycles. The molecule has 0 spiro atoms. The van der Waals surface area contributed by atoms with Crippen molar-refractivity contribution in [2.24, 2.45) is 0 Å². The van der Waals surface area contributed by atoms with Crippen LogP contribution in [-0.4, -0.2) is 34.7 Å². The standard InChI is InChI=1S/C11H13FN2O4/c12-7-3-1-2-6(9(7)13)10(16)14-5-4-8(15)11(17)18/h1-3,8,15H,4-5,13H2,(H,14,16)(H,17,18). The highest BCUT2D eigenvalue weighted by Gasteiger charge is 2.15. The number of carbonyl (C=O) groups is 2. The molecular formula is C11H13FN2O4. The number of halogens is 1. The van der Waals surface area contributed by atoms with E-state index in [1.165, 1.54) is 12.1 Å². The number of nitrogens with one attached hydrogen (secondary N) is 1. The molecule has 0 aliphatic heterocycles. The Kier molecular flexibility index (Phi) is 4.61. The molecule has 0 aliphatic rings. The third kappa shape index (κ3) is 3.42. The molecular weight excluding hydrogens is 243 g/mol. The average Bonchev–Trinajstić information content (AvgIpc) is 2.32. The molecule has 0 saturated carbocycles. The van der Waals surface area contributed by atoms with Gasteiger partial charge in [0.25, 0.3) is 5.91 Å². The maximum atomic E-state index is 13.1. The molecule has 1 amide bonds. The molecule has 7 heteroatoms. The largest absolute Gasteiger partial charge is 0.479 e. The van der Waals surface area contributed by atoms with Crippen molar-refractivity contribution in [2.45, 2.75) is 12.5 Å². The number of aliphatic hydroxyl groups is 1. The zero-order chi connectivity index (χ0) is 13.7. The van der Waals surface area contributed by atoms with E-state index in [-0.39, 0.29) is 24.2 Å². The van der Waals surface area contributed by atoms with Gasteiger partial charge in [-0.15, -0.1) is 0 Å². The van der Waals surface area contributed by atoms with Crippen LogP contribution in [0.3, 0.4) is 0 Å². The van der Waals surface area contributed by atoms with Crippen molar-refractivity contribution in [1.29, 1.82) is 0 Å². The number of nitrogen functional groups attached to an aromatic ring is 1. The Balaban J connectivity index is 2.56. The molecule has 0 aliphatic carbocycles. The molecule has 1 unspecified atom stereocenters. The smallest absolute Gasteiger partial charge is 0.332 e. The minimum Gasteiger partial charge on any atom is -0.479 e. The van der Waals surface area contributed by atoms with Crippen molar-refractivity contribution in [1.82, 2.24) is 5.32 Å². The van der Waals surface area contributed by atoms with Crippen LogP contribution in [0.25, 0.3) is 0 Å². The molecule has 0 radical (unpaired) electrons. The molecule has 0 fully saturated rings. The lowest BCUT2D eigenvalue weighted by Gasteiger charge is -2.09. The number of benzene rings is 1. The van der Waals surface area contributed by atoms with Gasteiger partial charge in [0.05, 0.1) is 11.3 Å². The molecule has 1 aromatic rings. The number of rotatable bonds is 5. The Bertz CT molecular complexity index is 464. The molecule has 0 aromatic heterocycles. The van der Waals surface area contributed by atoms with Crippen molar-refractivity contribution < 1.29 is 24.2 Å². The Labute approximate surface area is 102 Å². The number of hydrogen-bond acceptors (Lipinski definition) is 4. The van der Waals surface area contributed by atoms with Crippen LogP contribution in [0.4, 0.5) is 10.1 Å². The van der Waals surface area contributed by atoms with Crippen LogP contribution in [0.1, 0.15) is 16.8 Å². The number of carbonyl (C=O) groups excluding carboxylic acids is 1. The maximum Gasteiger partial charge on any atom is 0.332 e. The maximum absolute atomic E-state index is 13.1. The zero-order valence-corrected chi connectivity index (χ0v) is 9.39. The van der Waals surface area contributed by atoms with Gasteiger partial charge in [-0.05, 0) is 12.1 Å². The van der Waals surface area contributed by atoms with Crippen LogP contribution in [0.5, 0.6) is 0 Å². The number of para-hydroxylation sites is 1. The summed E-state index contributed by atoms with van der Waals surface area (Å²) in [4.78, 5) is 21.9. The Morgan fingerprint density at radius 2 is 2.11 bits per heavy atom. The van der Waals surface area contributed by atoms with Gasteiger partial charge >= 0.3 is 5.97 Å². The van der Waals surface area contributed by atoms with E-state index in [9.17, 15) is 14.0 Å². The summed E-state index contributed by atoms with van der Waals surface area (Å²) in [6.45, 7) is -0.0533. The molecule has 6 nitrogen and oxygen atoms in total. The summed E-state index contributed by atoms with van der Waals surface area (Å²) in [6, 6.07) is 3.81. The van der Waals surface area contributed by atoms with E-state index in [1.54, 1.807) is 0 Å². The lowest BCUT2D eigenvalue weighted by molar-refractivity contribution is -0.146. The van der Waals surface area contributed by atoms with E-state index in [1.807, 2.05) is 0 Å². The van der Waals surface area contributed by atoms with Gasteiger partial charge in [-0.1, -0.05) is 6.07 Å². The van der Waals surface area contributed by atoms with Gasteiger partial charge in [-0.2, -0.15) is 0 Å². The quantitative estimate of drug-likeness (QED) is 0.553. The summed E-state index contributed by atoms with van der Waals surface area (Å²) < 4.78 is 13.1. The molecule has 5 N–H and O–H groups in total. The highest BCUT2D eigenvalue weighted by Crippen LogP contribution is 2.15. The van der Waals surface area contributed by atoms with Crippen molar-refractivity contribution in [3.8, 4) is 0 Å². The predicted molar refractivity (Wildman–Crippen MR) is 61.4 cm³/mol. The van der Waals surface area contributed by atoms with Crippen LogP contribution in [0.2, 0.25) is 0 Å². The minimum atomic E-state index is -1.55. The second-order valence-corrected chi connectivity index (χ2v) is 3.60. The molecule has 1 atom stereocenters. The number of amides is 1. The summed E-state index contributed by atoms with van der Waals surface area (Å²) in [6.07, 6.45) is -1.69. The third-order valence-corrected chi connectivity index (χ3v) is 2.29. The summed E-state index contributed by atoms with van der Waals surface area (Å²) in [5.41, 5.74) is 5.09. The lowest BCUT2D eigenvalue weighted by Crippen LogP contribution is -2.30. The molecule has 0 heterocycles. The number of aliphatic carboxylic acids is 1.